The van der Waals surface area contributed by atoms with Crippen molar-refractivity contribution in [1.82, 2.24) is 0 Å². The minimum Gasteiger partial charge on any atom is -0.493 e. The Morgan fingerprint density at radius 1 is 1.09 bits per heavy atom. The van der Waals surface area contributed by atoms with Crippen molar-refractivity contribution in [2.24, 2.45) is 0 Å². The first-order valence-electron chi connectivity index (χ1n) is 10.6. The molecule has 1 heterocycles. The molecule has 34 heavy (non-hydrogen) atoms. The van der Waals surface area contributed by atoms with E-state index in [9.17, 15) is 18.4 Å². The number of thiophene rings is 1. The second-order valence-corrected chi connectivity index (χ2v) is 8.85. The van der Waals surface area contributed by atoms with Gasteiger partial charge in [0.2, 0.25) is 0 Å². The SMILES string of the molecule is COC(=O)c1c(NC(=O)c2ccc(OC(F)F)c(OC)c2)sc2c1CC[C@H](c1ccccc1)C2. The number of fused-ring (bicyclic) bond motifs is 1. The van der Waals surface area contributed by atoms with Crippen molar-refractivity contribution in [3.8, 4) is 11.5 Å². The summed E-state index contributed by atoms with van der Waals surface area (Å²) in [5.41, 5.74) is 2.68. The Morgan fingerprint density at radius 3 is 2.53 bits per heavy atom. The summed E-state index contributed by atoms with van der Waals surface area (Å²) in [5, 5.41) is 3.20. The molecule has 0 aliphatic heterocycles. The zero-order chi connectivity index (χ0) is 24.2. The van der Waals surface area contributed by atoms with Gasteiger partial charge in [-0.1, -0.05) is 30.3 Å². The Balaban J connectivity index is 1.61. The highest BCUT2D eigenvalue weighted by molar-refractivity contribution is 7.17. The van der Waals surface area contributed by atoms with Gasteiger partial charge in [0.25, 0.3) is 5.91 Å². The average Bonchev–Trinajstić information content (AvgIpc) is 3.20. The number of hydrogen-bond donors (Lipinski definition) is 1. The van der Waals surface area contributed by atoms with E-state index in [1.165, 1.54) is 49.3 Å². The van der Waals surface area contributed by atoms with Crippen molar-refractivity contribution in [1.29, 1.82) is 0 Å². The van der Waals surface area contributed by atoms with Gasteiger partial charge in [0.15, 0.2) is 11.5 Å². The number of ether oxygens (including phenoxy) is 3. The molecular formula is C25H23F2NO5S. The molecule has 1 aliphatic carbocycles. The lowest BCUT2D eigenvalue weighted by molar-refractivity contribution is -0.0512. The van der Waals surface area contributed by atoms with Gasteiger partial charge in [-0.15, -0.1) is 11.3 Å². The quantitative estimate of drug-likeness (QED) is 0.435. The number of carbonyl (C=O) groups is 2. The van der Waals surface area contributed by atoms with Gasteiger partial charge in [-0.25, -0.2) is 4.79 Å². The Morgan fingerprint density at radius 2 is 1.85 bits per heavy atom. The van der Waals surface area contributed by atoms with E-state index in [-0.39, 0.29) is 17.1 Å². The van der Waals surface area contributed by atoms with Crippen LogP contribution < -0.4 is 14.8 Å². The Kier molecular flexibility index (Phi) is 7.12. The van der Waals surface area contributed by atoms with E-state index in [2.05, 4.69) is 22.2 Å². The smallest absolute Gasteiger partial charge is 0.387 e. The maximum absolute atomic E-state index is 13.0. The average molecular weight is 488 g/mol. The van der Waals surface area contributed by atoms with Crippen molar-refractivity contribution in [3.63, 3.8) is 0 Å². The largest absolute Gasteiger partial charge is 0.493 e. The number of anilines is 1. The number of methoxy groups -OCH3 is 2. The van der Waals surface area contributed by atoms with Crippen LogP contribution in [-0.2, 0) is 17.6 Å². The zero-order valence-corrected chi connectivity index (χ0v) is 19.4. The molecule has 1 aromatic heterocycles. The molecule has 4 rings (SSSR count). The van der Waals surface area contributed by atoms with E-state index < -0.39 is 18.5 Å². The Hall–Kier alpha value is -3.46. The predicted octanol–water partition coefficient (Wildman–Crippen LogP) is 5.67. The third kappa shape index (κ3) is 4.89. The van der Waals surface area contributed by atoms with Crippen LogP contribution in [0.25, 0.3) is 0 Å². The summed E-state index contributed by atoms with van der Waals surface area (Å²) < 4.78 is 39.7. The van der Waals surface area contributed by atoms with Crippen LogP contribution in [0.3, 0.4) is 0 Å². The van der Waals surface area contributed by atoms with Gasteiger partial charge in [-0.2, -0.15) is 8.78 Å². The second kappa shape index (κ2) is 10.2. The minimum atomic E-state index is -3.02. The van der Waals surface area contributed by atoms with Gasteiger partial charge >= 0.3 is 12.6 Å². The summed E-state index contributed by atoms with van der Waals surface area (Å²) >= 11 is 1.36. The Labute approximate surface area is 199 Å². The summed E-state index contributed by atoms with van der Waals surface area (Å²) in [6.45, 7) is -3.02. The summed E-state index contributed by atoms with van der Waals surface area (Å²) in [6, 6.07) is 14.1. The van der Waals surface area contributed by atoms with Crippen molar-refractivity contribution >= 4 is 28.2 Å². The third-order valence-corrected chi connectivity index (χ3v) is 6.96. The van der Waals surface area contributed by atoms with Crippen LogP contribution in [0.1, 0.15) is 49.1 Å². The summed E-state index contributed by atoms with van der Waals surface area (Å²) in [7, 11) is 2.60. The van der Waals surface area contributed by atoms with Crippen LogP contribution in [0.5, 0.6) is 11.5 Å². The molecule has 9 heteroatoms. The van der Waals surface area contributed by atoms with E-state index in [4.69, 9.17) is 9.47 Å². The zero-order valence-electron chi connectivity index (χ0n) is 18.6. The van der Waals surface area contributed by atoms with Gasteiger partial charge in [0.05, 0.1) is 19.8 Å². The molecule has 3 aromatic rings. The first-order valence-corrected chi connectivity index (χ1v) is 11.4. The maximum Gasteiger partial charge on any atom is 0.387 e. The fourth-order valence-corrected chi connectivity index (χ4v) is 5.49. The predicted molar refractivity (Wildman–Crippen MR) is 124 cm³/mol. The van der Waals surface area contributed by atoms with Gasteiger partial charge < -0.3 is 19.5 Å². The maximum atomic E-state index is 13.0. The lowest BCUT2D eigenvalue weighted by atomic mass is 9.83. The van der Waals surface area contributed by atoms with Crippen LogP contribution >= 0.6 is 11.3 Å². The molecule has 0 radical (unpaired) electrons. The third-order valence-electron chi connectivity index (χ3n) is 5.79. The van der Waals surface area contributed by atoms with Crippen LogP contribution in [0.4, 0.5) is 13.8 Å². The lowest BCUT2D eigenvalue weighted by Crippen LogP contribution is -2.16. The van der Waals surface area contributed by atoms with Gasteiger partial charge in [-0.3, -0.25) is 4.79 Å². The fraction of sp³-hybridized carbons (Fsp3) is 0.280. The molecule has 0 bridgehead atoms. The van der Waals surface area contributed by atoms with Crippen molar-refractivity contribution in [2.75, 3.05) is 19.5 Å². The highest BCUT2D eigenvalue weighted by Crippen LogP contribution is 2.43. The molecule has 2 aromatic carbocycles. The van der Waals surface area contributed by atoms with E-state index >= 15 is 0 Å². The van der Waals surface area contributed by atoms with E-state index in [0.29, 0.717) is 22.9 Å². The molecule has 0 saturated heterocycles. The number of carbonyl (C=O) groups excluding carboxylic acids is 2. The topological polar surface area (TPSA) is 73.9 Å². The summed E-state index contributed by atoms with van der Waals surface area (Å²) in [4.78, 5) is 26.6. The number of hydrogen-bond acceptors (Lipinski definition) is 6. The monoisotopic (exact) mass is 487 g/mol. The van der Waals surface area contributed by atoms with Crippen molar-refractivity contribution in [2.45, 2.75) is 31.8 Å². The number of halogens is 2. The molecule has 1 N–H and O–H groups in total. The fourth-order valence-electron chi connectivity index (χ4n) is 4.18. The lowest BCUT2D eigenvalue weighted by Gasteiger charge is -2.22. The molecule has 0 unspecified atom stereocenters. The number of alkyl halides is 2. The van der Waals surface area contributed by atoms with Crippen molar-refractivity contribution in [3.05, 3.63) is 75.7 Å². The molecule has 1 amide bonds. The van der Waals surface area contributed by atoms with Crippen LogP contribution in [0.15, 0.2) is 48.5 Å². The summed E-state index contributed by atoms with van der Waals surface area (Å²) in [6.07, 6.45) is 2.34. The normalized spacial score (nSPS) is 14.9. The number of benzene rings is 2. The van der Waals surface area contributed by atoms with E-state index in [0.717, 1.165) is 23.3 Å². The van der Waals surface area contributed by atoms with Crippen LogP contribution in [0.2, 0.25) is 0 Å². The molecule has 6 nitrogen and oxygen atoms in total. The first-order chi connectivity index (χ1) is 16.4. The molecule has 178 valence electrons. The Bertz CT molecular complexity index is 1200. The molecule has 0 saturated carbocycles. The first kappa shape index (κ1) is 23.7. The highest BCUT2D eigenvalue weighted by atomic mass is 32.1. The van der Waals surface area contributed by atoms with Crippen LogP contribution in [0, 0.1) is 0 Å². The standard InChI is InChI=1S/C25H23F2NO5S/c1-31-19-12-16(9-11-18(19)33-25(26)27)22(29)28-23-21(24(30)32-2)17-10-8-15(13-20(17)34-23)14-6-4-3-5-7-14/h3-7,9,11-12,15,25H,8,10,13H2,1-2H3,(H,28,29)/t15-/m0/s1. The number of esters is 1. The highest BCUT2D eigenvalue weighted by Gasteiger charge is 2.31. The number of nitrogens with one attached hydrogen (secondary N) is 1. The van der Waals surface area contributed by atoms with E-state index in [1.54, 1.807) is 0 Å². The summed E-state index contributed by atoms with van der Waals surface area (Å²) in [5.74, 6) is -0.873. The van der Waals surface area contributed by atoms with E-state index in [1.807, 2.05) is 18.2 Å². The van der Waals surface area contributed by atoms with Gasteiger partial charge in [-0.05, 0) is 54.5 Å². The number of rotatable bonds is 7. The van der Waals surface area contributed by atoms with Crippen LogP contribution in [-0.4, -0.2) is 32.7 Å². The molecular weight excluding hydrogens is 464 g/mol. The van der Waals surface area contributed by atoms with Gasteiger partial charge in [0.1, 0.15) is 5.00 Å². The second-order valence-electron chi connectivity index (χ2n) is 7.75. The number of amides is 1. The molecule has 0 spiro atoms. The minimum absolute atomic E-state index is 0.00248. The molecule has 1 atom stereocenters. The molecule has 1 aliphatic rings. The van der Waals surface area contributed by atoms with Crippen molar-refractivity contribution < 1.29 is 32.6 Å². The van der Waals surface area contributed by atoms with Gasteiger partial charge in [0, 0.05) is 10.4 Å². The molecule has 0 fully saturated rings.